The van der Waals surface area contributed by atoms with E-state index in [1.165, 1.54) is 22.6 Å². The van der Waals surface area contributed by atoms with E-state index in [9.17, 15) is 14.0 Å². The van der Waals surface area contributed by atoms with E-state index >= 15 is 0 Å². The van der Waals surface area contributed by atoms with E-state index in [4.69, 9.17) is 0 Å². The summed E-state index contributed by atoms with van der Waals surface area (Å²) in [5.74, 6) is -1.77. The van der Waals surface area contributed by atoms with Crippen molar-refractivity contribution in [1.82, 2.24) is 0 Å². The Morgan fingerprint density at radius 2 is 1.65 bits per heavy atom. The number of halogens is 1. The van der Waals surface area contributed by atoms with Gasteiger partial charge in [-0.3, -0.25) is 9.59 Å². The maximum absolute atomic E-state index is 13.3. The van der Waals surface area contributed by atoms with Crippen molar-refractivity contribution >= 4 is 17.4 Å². The predicted molar refractivity (Wildman–Crippen MR) is 87.1 cm³/mol. The van der Waals surface area contributed by atoms with Gasteiger partial charge in [0.25, 0.3) is 11.7 Å². The van der Waals surface area contributed by atoms with Crippen LogP contribution in [0.3, 0.4) is 0 Å². The van der Waals surface area contributed by atoms with Crippen LogP contribution >= 0.6 is 0 Å². The zero-order valence-corrected chi connectivity index (χ0v) is 13.4. The third-order valence-corrected chi connectivity index (χ3v) is 4.09. The molecule has 1 heterocycles. The van der Waals surface area contributed by atoms with E-state index in [-0.39, 0.29) is 11.0 Å². The number of carbonyl (C=O) groups excluding carboxylic acids is 2. The van der Waals surface area contributed by atoms with Crippen molar-refractivity contribution < 1.29 is 14.0 Å². The standard InChI is InChI=1S/C19H18FNO2/c1-19(2,3)13-6-4-12(5-7-13)11-21-16-9-8-14(20)10-15(16)17(22)18(21)23/h4-10H,11H2,1-3H3. The molecular formula is C19H18FNO2. The van der Waals surface area contributed by atoms with Gasteiger partial charge in [0.05, 0.1) is 17.8 Å². The number of carbonyl (C=O) groups is 2. The number of rotatable bonds is 2. The summed E-state index contributed by atoms with van der Waals surface area (Å²) in [5, 5.41) is 0. The number of hydrogen-bond acceptors (Lipinski definition) is 2. The Balaban J connectivity index is 1.89. The van der Waals surface area contributed by atoms with Crippen LogP contribution in [0.2, 0.25) is 0 Å². The molecule has 0 saturated carbocycles. The van der Waals surface area contributed by atoms with Crippen molar-refractivity contribution in [2.75, 3.05) is 4.90 Å². The molecule has 4 heteroatoms. The van der Waals surface area contributed by atoms with Crippen LogP contribution in [-0.4, -0.2) is 11.7 Å². The van der Waals surface area contributed by atoms with Gasteiger partial charge >= 0.3 is 0 Å². The number of anilines is 1. The van der Waals surface area contributed by atoms with Crippen LogP contribution in [0.25, 0.3) is 0 Å². The minimum Gasteiger partial charge on any atom is -0.300 e. The van der Waals surface area contributed by atoms with Crippen LogP contribution in [-0.2, 0) is 16.8 Å². The van der Waals surface area contributed by atoms with Gasteiger partial charge in [-0.1, -0.05) is 45.0 Å². The van der Waals surface area contributed by atoms with Gasteiger partial charge in [-0.15, -0.1) is 0 Å². The van der Waals surface area contributed by atoms with Crippen molar-refractivity contribution in [3.8, 4) is 0 Å². The molecule has 0 saturated heterocycles. The molecule has 118 valence electrons. The summed E-state index contributed by atoms with van der Waals surface area (Å²) in [6, 6.07) is 11.8. The molecule has 0 aromatic heterocycles. The van der Waals surface area contributed by atoms with Crippen molar-refractivity contribution in [3.05, 3.63) is 65.0 Å². The van der Waals surface area contributed by atoms with E-state index < -0.39 is 17.5 Å². The topological polar surface area (TPSA) is 37.4 Å². The highest BCUT2D eigenvalue weighted by Gasteiger charge is 2.36. The molecule has 0 spiro atoms. The molecule has 3 nitrogen and oxygen atoms in total. The zero-order valence-electron chi connectivity index (χ0n) is 13.4. The second-order valence-electron chi connectivity index (χ2n) is 6.83. The Morgan fingerprint density at radius 3 is 2.26 bits per heavy atom. The smallest absolute Gasteiger partial charge is 0.299 e. The Kier molecular flexibility index (Phi) is 3.55. The average molecular weight is 311 g/mol. The Morgan fingerprint density at radius 1 is 1.00 bits per heavy atom. The van der Waals surface area contributed by atoms with E-state index in [0.29, 0.717) is 12.2 Å². The summed E-state index contributed by atoms with van der Waals surface area (Å²) in [6.45, 7) is 6.70. The van der Waals surface area contributed by atoms with Crippen molar-refractivity contribution in [3.63, 3.8) is 0 Å². The predicted octanol–water partition coefficient (Wildman–Crippen LogP) is 3.85. The molecule has 2 aromatic carbocycles. The highest BCUT2D eigenvalue weighted by atomic mass is 19.1. The molecular weight excluding hydrogens is 293 g/mol. The third kappa shape index (κ3) is 2.77. The van der Waals surface area contributed by atoms with Crippen LogP contribution in [0.1, 0.15) is 42.3 Å². The number of fused-ring (bicyclic) bond motifs is 1. The summed E-state index contributed by atoms with van der Waals surface area (Å²) in [6.07, 6.45) is 0. The van der Waals surface area contributed by atoms with Crippen LogP contribution in [0.5, 0.6) is 0 Å². The van der Waals surface area contributed by atoms with Gasteiger partial charge in [0.2, 0.25) is 0 Å². The zero-order chi connectivity index (χ0) is 16.8. The van der Waals surface area contributed by atoms with E-state index in [2.05, 4.69) is 20.8 Å². The first-order valence-electron chi connectivity index (χ1n) is 7.52. The largest absolute Gasteiger partial charge is 0.300 e. The van der Waals surface area contributed by atoms with E-state index in [1.54, 1.807) is 0 Å². The van der Waals surface area contributed by atoms with E-state index in [1.807, 2.05) is 24.3 Å². The lowest BCUT2D eigenvalue weighted by molar-refractivity contribution is -0.114. The van der Waals surface area contributed by atoms with Gasteiger partial charge in [0, 0.05) is 0 Å². The Bertz CT molecular complexity index is 788. The van der Waals surface area contributed by atoms with Gasteiger partial charge in [-0.25, -0.2) is 4.39 Å². The Labute approximate surface area is 134 Å². The van der Waals surface area contributed by atoms with Gasteiger partial charge in [-0.2, -0.15) is 0 Å². The molecule has 1 aliphatic heterocycles. The summed E-state index contributed by atoms with van der Waals surface area (Å²) < 4.78 is 13.3. The summed E-state index contributed by atoms with van der Waals surface area (Å²) in [7, 11) is 0. The number of benzene rings is 2. The van der Waals surface area contributed by atoms with Crippen molar-refractivity contribution in [1.29, 1.82) is 0 Å². The molecule has 1 amide bonds. The molecule has 0 N–H and O–H groups in total. The molecule has 0 bridgehead atoms. The first-order valence-corrected chi connectivity index (χ1v) is 7.52. The molecule has 2 aromatic rings. The number of nitrogens with zero attached hydrogens (tertiary/aromatic N) is 1. The van der Waals surface area contributed by atoms with E-state index in [0.717, 1.165) is 11.6 Å². The SMILES string of the molecule is CC(C)(C)c1ccc(CN2C(=O)C(=O)c3cc(F)ccc32)cc1. The van der Waals surface area contributed by atoms with Gasteiger partial charge in [0.1, 0.15) is 5.82 Å². The molecule has 0 aliphatic carbocycles. The third-order valence-electron chi connectivity index (χ3n) is 4.09. The lowest BCUT2D eigenvalue weighted by atomic mass is 9.87. The number of hydrogen-bond donors (Lipinski definition) is 0. The summed E-state index contributed by atoms with van der Waals surface area (Å²) in [4.78, 5) is 25.5. The van der Waals surface area contributed by atoms with Gasteiger partial charge < -0.3 is 4.90 Å². The monoisotopic (exact) mass is 311 g/mol. The van der Waals surface area contributed by atoms with Crippen LogP contribution in [0.4, 0.5) is 10.1 Å². The molecule has 0 atom stereocenters. The fourth-order valence-electron chi connectivity index (χ4n) is 2.72. The van der Waals surface area contributed by atoms with Crippen LogP contribution in [0, 0.1) is 5.82 Å². The summed E-state index contributed by atoms with van der Waals surface area (Å²) >= 11 is 0. The minimum atomic E-state index is -0.647. The lowest BCUT2D eigenvalue weighted by Gasteiger charge is -2.20. The molecule has 3 rings (SSSR count). The van der Waals surface area contributed by atoms with Crippen molar-refractivity contribution in [2.24, 2.45) is 0 Å². The second kappa shape index (κ2) is 5.30. The first kappa shape index (κ1) is 15.4. The maximum Gasteiger partial charge on any atom is 0.299 e. The van der Waals surface area contributed by atoms with Gasteiger partial charge in [0.15, 0.2) is 0 Å². The highest BCUT2D eigenvalue weighted by molar-refractivity contribution is 6.52. The number of ketones is 1. The highest BCUT2D eigenvalue weighted by Crippen LogP contribution is 2.31. The van der Waals surface area contributed by atoms with Gasteiger partial charge in [-0.05, 0) is 34.7 Å². The van der Waals surface area contributed by atoms with Crippen molar-refractivity contribution in [2.45, 2.75) is 32.7 Å². The van der Waals surface area contributed by atoms with Crippen LogP contribution < -0.4 is 4.90 Å². The molecule has 23 heavy (non-hydrogen) atoms. The molecule has 1 aliphatic rings. The first-order chi connectivity index (χ1) is 10.8. The second-order valence-corrected chi connectivity index (χ2v) is 6.83. The maximum atomic E-state index is 13.3. The lowest BCUT2D eigenvalue weighted by Crippen LogP contribution is -2.29. The quantitative estimate of drug-likeness (QED) is 0.790. The normalized spacial score (nSPS) is 14.3. The molecule has 0 radical (unpaired) electrons. The Hall–Kier alpha value is -2.49. The number of Topliss-reactive ketones (excluding diaryl/α,β-unsaturated/α-hetero) is 1. The number of amides is 1. The molecule has 0 unspecified atom stereocenters. The summed E-state index contributed by atoms with van der Waals surface area (Å²) in [5.41, 5.74) is 2.80. The fourth-order valence-corrected chi connectivity index (χ4v) is 2.72. The average Bonchev–Trinajstić information content (AvgIpc) is 2.72. The fraction of sp³-hybridized carbons (Fsp3) is 0.263. The minimum absolute atomic E-state index is 0.0576. The van der Waals surface area contributed by atoms with Crippen LogP contribution in [0.15, 0.2) is 42.5 Å². The molecule has 0 fully saturated rings.